The summed E-state index contributed by atoms with van der Waals surface area (Å²) in [6, 6.07) is 1.19. The molecule has 20 heavy (non-hydrogen) atoms. The van der Waals surface area contributed by atoms with Crippen LogP contribution in [0.3, 0.4) is 0 Å². The lowest BCUT2D eigenvalue weighted by Gasteiger charge is -2.15. The van der Waals surface area contributed by atoms with E-state index in [0.717, 1.165) is 18.0 Å². The van der Waals surface area contributed by atoms with E-state index in [0.29, 0.717) is 6.73 Å². The normalized spacial score (nSPS) is 12.3. The molecule has 6 heteroatoms. The summed E-state index contributed by atoms with van der Waals surface area (Å²) in [7, 11) is -1.00. The van der Waals surface area contributed by atoms with Gasteiger partial charge in [-0.3, -0.25) is 0 Å². The number of hydrogen-bond donors (Lipinski definition) is 0. The summed E-state index contributed by atoms with van der Waals surface area (Å²) in [4.78, 5) is 8.52. The van der Waals surface area contributed by atoms with Crippen LogP contribution < -0.4 is 0 Å². The van der Waals surface area contributed by atoms with Crippen LogP contribution in [-0.4, -0.2) is 29.2 Å². The van der Waals surface area contributed by atoms with E-state index >= 15 is 0 Å². The molecular formula is C14H21N3OSSi. The van der Waals surface area contributed by atoms with E-state index in [1.54, 1.807) is 17.7 Å². The number of rotatable bonds is 7. The van der Waals surface area contributed by atoms with Gasteiger partial charge in [0.25, 0.3) is 0 Å². The first-order chi connectivity index (χ1) is 9.53. The Morgan fingerprint density at radius 3 is 2.75 bits per heavy atom. The molecule has 0 aromatic carbocycles. The van der Waals surface area contributed by atoms with Gasteiger partial charge in [-0.05, 0) is 18.2 Å². The molecule has 0 unspecified atom stereocenters. The van der Waals surface area contributed by atoms with E-state index < -0.39 is 8.07 Å². The average molecular weight is 307 g/mol. The SMILES string of the molecule is C[Si](C)(C)CCOCn1cnc(/C=C/c2cscn2)c1. The van der Waals surface area contributed by atoms with Crippen LogP contribution in [0.4, 0.5) is 0 Å². The Morgan fingerprint density at radius 2 is 2.05 bits per heavy atom. The number of hydrogen-bond acceptors (Lipinski definition) is 4. The molecule has 4 nitrogen and oxygen atoms in total. The van der Waals surface area contributed by atoms with Crippen molar-refractivity contribution in [1.82, 2.24) is 14.5 Å². The summed E-state index contributed by atoms with van der Waals surface area (Å²) in [5, 5.41) is 2.01. The molecule has 0 amide bonds. The molecule has 0 bridgehead atoms. The molecule has 2 rings (SSSR count). The minimum absolute atomic E-state index is 0.571. The van der Waals surface area contributed by atoms with Crippen molar-refractivity contribution in [2.45, 2.75) is 32.4 Å². The van der Waals surface area contributed by atoms with Crippen molar-refractivity contribution in [1.29, 1.82) is 0 Å². The lowest BCUT2D eigenvalue weighted by atomic mass is 10.3. The largest absolute Gasteiger partial charge is 0.361 e. The van der Waals surface area contributed by atoms with Gasteiger partial charge in [0.1, 0.15) is 6.73 Å². The molecule has 2 aromatic rings. The highest BCUT2D eigenvalue weighted by Gasteiger charge is 2.11. The van der Waals surface area contributed by atoms with Gasteiger partial charge >= 0.3 is 0 Å². The fourth-order valence-electron chi connectivity index (χ4n) is 1.56. The number of thiazole rings is 1. The molecule has 0 aliphatic rings. The van der Waals surface area contributed by atoms with Crippen molar-refractivity contribution < 1.29 is 4.74 Å². The summed E-state index contributed by atoms with van der Waals surface area (Å²) in [6.45, 7) is 8.47. The van der Waals surface area contributed by atoms with Gasteiger partial charge in [-0.25, -0.2) is 9.97 Å². The predicted octanol–water partition coefficient (Wildman–Crippen LogP) is 3.82. The van der Waals surface area contributed by atoms with Crippen molar-refractivity contribution in [3.63, 3.8) is 0 Å². The highest BCUT2D eigenvalue weighted by atomic mass is 32.1. The van der Waals surface area contributed by atoms with Gasteiger partial charge in [-0.15, -0.1) is 11.3 Å². The van der Waals surface area contributed by atoms with Crippen molar-refractivity contribution in [2.24, 2.45) is 0 Å². The van der Waals surface area contributed by atoms with Crippen molar-refractivity contribution >= 4 is 31.6 Å². The number of ether oxygens (including phenoxy) is 1. The Kier molecular flexibility index (Phi) is 5.28. The van der Waals surface area contributed by atoms with Crippen LogP contribution in [0.25, 0.3) is 12.2 Å². The maximum absolute atomic E-state index is 5.68. The van der Waals surface area contributed by atoms with E-state index in [1.165, 1.54) is 6.04 Å². The van der Waals surface area contributed by atoms with Gasteiger partial charge in [-0.2, -0.15) is 0 Å². The summed E-state index contributed by atoms with van der Waals surface area (Å²) >= 11 is 1.59. The number of imidazole rings is 1. The van der Waals surface area contributed by atoms with E-state index in [4.69, 9.17) is 4.74 Å². The minimum atomic E-state index is -1.00. The Bertz CT molecular complexity index is 543. The highest BCUT2D eigenvalue weighted by molar-refractivity contribution is 7.07. The van der Waals surface area contributed by atoms with E-state index in [2.05, 4.69) is 29.6 Å². The molecule has 0 saturated heterocycles. The summed E-state index contributed by atoms with van der Waals surface area (Å²) < 4.78 is 7.65. The fraction of sp³-hybridized carbons (Fsp3) is 0.429. The molecule has 2 heterocycles. The van der Waals surface area contributed by atoms with Crippen LogP contribution in [0.5, 0.6) is 0 Å². The average Bonchev–Trinajstić information content (AvgIpc) is 3.02. The zero-order valence-corrected chi connectivity index (χ0v) is 14.1. The molecule has 0 spiro atoms. The molecule has 0 atom stereocenters. The zero-order valence-electron chi connectivity index (χ0n) is 12.2. The Balaban J connectivity index is 1.78. The van der Waals surface area contributed by atoms with Crippen LogP contribution in [0.15, 0.2) is 23.4 Å². The maximum atomic E-state index is 5.68. The third-order valence-electron chi connectivity index (χ3n) is 2.77. The number of aromatic nitrogens is 3. The second kappa shape index (κ2) is 6.96. The quantitative estimate of drug-likeness (QED) is 0.576. The van der Waals surface area contributed by atoms with Crippen molar-refractivity contribution in [2.75, 3.05) is 6.61 Å². The standard InChI is InChI=1S/C14H21N3OSSi/c1-20(2,3)7-6-18-12-17-8-13(15-10-17)4-5-14-9-19-11-16-14/h4-5,8-11H,6-7,12H2,1-3H3/b5-4+. The number of nitrogens with zero attached hydrogens (tertiary/aromatic N) is 3. The summed E-state index contributed by atoms with van der Waals surface area (Å²) in [6.07, 6.45) is 7.72. The smallest absolute Gasteiger partial charge is 0.123 e. The molecule has 0 aliphatic carbocycles. The highest BCUT2D eigenvalue weighted by Crippen LogP contribution is 2.09. The maximum Gasteiger partial charge on any atom is 0.123 e. The monoisotopic (exact) mass is 307 g/mol. The predicted molar refractivity (Wildman–Crippen MR) is 87.4 cm³/mol. The molecule has 0 aliphatic heterocycles. The second-order valence-electron chi connectivity index (χ2n) is 5.91. The van der Waals surface area contributed by atoms with Crippen LogP contribution in [0.1, 0.15) is 11.4 Å². The van der Waals surface area contributed by atoms with Crippen LogP contribution in [-0.2, 0) is 11.5 Å². The summed E-state index contributed by atoms with van der Waals surface area (Å²) in [5.74, 6) is 0. The van der Waals surface area contributed by atoms with Crippen LogP contribution in [0.2, 0.25) is 25.7 Å². The molecule has 0 saturated carbocycles. The molecule has 108 valence electrons. The Labute approximate surface area is 125 Å². The van der Waals surface area contributed by atoms with Crippen molar-refractivity contribution in [3.8, 4) is 0 Å². The van der Waals surface area contributed by atoms with Gasteiger partial charge < -0.3 is 9.30 Å². The van der Waals surface area contributed by atoms with E-state index in [-0.39, 0.29) is 0 Å². The third-order valence-corrected chi connectivity index (χ3v) is 5.08. The fourth-order valence-corrected chi connectivity index (χ4v) is 2.84. The molecule has 0 fully saturated rings. The lowest BCUT2D eigenvalue weighted by Crippen LogP contribution is -2.21. The molecule has 0 N–H and O–H groups in total. The molecular weight excluding hydrogens is 286 g/mol. The minimum Gasteiger partial charge on any atom is -0.361 e. The third kappa shape index (κ3) is 5.40. The van der Waals surface area contributed by atoms with Gasteiger partial charge in [0, 0.05) is 26.3 Å². The summed E-state index contributed by atoms with van der Waals surface area (Å²) in [5.41, 5.74) is 3.72. The molecule has 0 radical (unpaired) electrons. The lowest BCUT2D eigenvalue weighted by molar-refractivity contribution is 0.0871. The molecule has 2 aromatic heterocycles. The van der Waals surface area contributed by atoms with Gasteiger partial charge in [0.15, 0.2) is 0 Å². The first-order valence-corrected chi connectivity index (χ1v) is 11.3. The second-order valence-corrected chi connectivity index (χ2v) is 12.2. The van der Waals surface area contributed by atoms with Crippen LogP contribution in [0, 0.1) is 0 Å². The van der Waals surface area contributed by atoms with E-state index in [9.17, 15) is 0 Å². The Morgan fingerprint density at radius 1 is 1.25 bits per heavy atom. The van der Waals surface area contributed by atoms with Gasteiger partial charge in [-0.1, -0.05) is 19.6 Å². The van der Waals surface area contributed by atoms with Crippen molar-refractivity contribution in [3.05, 3.63) is 34.8 Å². The van der Waals surface area contributed by atoms with Gasteiger partial charge in [0.05, 0.1) is 23.2 Å². The topological polar surface area (TPSA) is 39.9 Å². The van der Waals surface area contributed by atoms with Gasteiger partial charge in [0.2, 0.25) is 0 Å². The first kappa shape index (κ1) is 15.2. The zero-order chi connectivity index (χ0) is 14.4. The van der Waals surface area contributed by atoms with Crippen LogP contribution >= 0.6 is 11.3 Å². The first-order valence-electron chi connectivity index (χ1n) is 6.69. The Hall–Kier alpha value is -1.24. The van der Waals surface area contributed by atoms with E-state index in [1.807, 2.05) is 33.8 Å².